The van der Waals surface area contributed by atoms with Crippen LogP contribution in [0.25, 0.3) is 0 Å². The summed E-state index contributed by atoms with van der Waals surface area (Å²) in [5.74, 6) is 0.831. The van der Waals surface area contributed by atoms with Crippen molar-refractivity contribution in [2.75, 3.05) is 32.7 Å². The number of hydrogen-bond donors (Lipinski definition) is 0. The molecule has 1 aromatic carbocycles. The van der Waals surface area contributed by atoms with Gasteiger partial charge in [0, 0.05) is 13.0 Å². The summed E-state index contributed by atoms with van der Waals surface area (Å²) in [6.45, 7) is 1.40. The minimum Gasteiger partial charge on any atom is -0.494 e. The molecule has 5 nitrogen and oxygen atoms in total. The van der Waals surface area contributed by atoms with Crippen molar-refractivity contribution in [1.82, 2.24) is 0 Å². The molecule has 18 heavy (non-hydrogen) atoms. The quantitative estimate of drug-likeness (QED) is 0.504. The molecular weight excluding hydrogens is 256 g/mol. The average Bonchev–Trinajstić information content (AvgIpc) is 2.32. The number of benzene rings is 1. The van der Waals surface area contributed by atoms with Crippen LogP contribution in [0.4, 0.5) is 0 Å². The van der Waals surface area contributed by atoms with Gasteiger partial charge in [0.25, 0.3) is 10.1 Å². The Kier molecular flexibility index (Phi) is 6.70. The number of hydrogen-bond acceptors (Lipinski definition) is 5. The van der Waals surface area contributed by atoms with Gasteiger partial charge in [-0.25, -0.2) is 0 Å². The van der Waals surface area contributed by atoms with E-state index in [0.717, 1.165) is 18.4 Å². The van der Waals surface area contributed by atoms with Crippen LogP contribution in [0.3, 0.4) is 0 Å². The lowest BCUT2D eigenvalue weighted by molar-refractivity contribution is 0.0924. The monoisotopic (exact) mass is 274 g/mol. The van der Waals surface area contributed by atoms with E-state index >= 15 is 0 Å². The molecular formula is C12H18O5S. The topological polar surface area (TPSA) is 61.8 Å². The van der Waals surface area contributed by atoms with E-state index < -0.39 is 10.1 Å². The molecule has 0 atom stereocenters. The van der Waals surface area contributed by atoms with Crippen LogP contribution in [0.2, 0.25) is 0 Å². The van der Waals surface area contributed by atoms with Crippen molar-refractivity contribution in [2.24, 2.45) is 0 Å². The zero-order valence-corrected chi connectivity index (χ0v) is 11.2. The Morgan fingerprint density at radius 1 is 1.00 bits per heavy atom. The van der Waals surface area contributed by atoms with Crippen LogP contribution in [-0.2, 0) is 19.0 Å². The molecule has 102 valence electrons. The molecule has 0 aliphatic carbocycles. The van der Waals surface area contributed by atoms with Gasteiger partial charge in [-0.2, -0.15) is 8.42 Å². The lowest BCUT2D eigenvalue weighted by Crippen LogP contribution is -2.11. The third kappa shape index (κ3) is 8.05. The largest absolute Gasteiger partial charge is 0.494 e. The Morgan fingerprint density at radius 2 is 1.72 bits per heavy atom. The fraction of sp³-hybridized carbons (Fsp3) is 0.500. The van der Waals surface area contributed by atoms with E-state index in [-0.39, 0.29) is 13.2 Å². The summed E-state index contributed by atoms with van der Waals surface area (Å²) in [7, 11) is -3.36. The van der Waals surface area contributed by atoms with Gasteiger partial charge in [-0.15, -0.1) is 0 Å². The van der Waals surface area contributed by atoms with Gasteiger partial charge >= 0.3 is 0 Å². The Morgan fingerprint density at radius 3 is 2.39 bits per heavy atom. The van der Waals surface area contributed by atoms with E-state index in [1.54, 1.807) is 0 Å². The van der Waals surface area contributed by atoms with Gasteiger partial charge in [-0.3, -0.25) is 4.18 Å². The fourth-order valence-corrected chi connectivity index (χ4v) is 1.58. The lowest BCUT2D eigenvalue weighted by Gasteiger charge is -2.06. The minimum absolute atomic E-state index is 0.0539. The lowest BCUT2D eigenvalue weighted by atomic mass is 10.3. The maximum atomic E-state index is 10.6. The third-order valence-corrected chi connectivity index (χ3v) is 2.56. The van der Waals surface area contributed by atoms with Crippen molar-refractivity contribution >= 4 is 10.1 Å². The molecule has 0 saturated heterocycles. The molecule has 0 aliphatic heterocycles. The van der Waals surface area contributed by atoms with Crippen molar-refractivity contribution in [3.8, 4) is 5.75 Å². The summed E-state index contributed by atoms with van der Waals surface area (Å²) in [5.41, 5.74) is 0. The summed E-state index contributed by atoms with van der Waals surface area (Å²) in [6.07, 6.45) is 1.76. The SMILES string of the molecule is CS(=O)(=O)OCCOCCCOc1ccccc1. The van der Waals surface area contributed by atoms with Gasteiger partial charge in [-0.1, -0.05) is 18.2 Å². The second kappa shape index (κ2) is 8.07. The van der Waals surface area contributed by atoms with Gasteiger partial charge in [0.15, 0.2) is 0 Å². The zero-order chi connectivity index (χ0) is 13.3. The van der Waals surface area contributed by atoms with Crippen LogP contribution in [-0.4, -0.2) is 41.1 Å². The van der Waals surface area contributed by atoms with Gasteiger partial charge in [0.05, 0.1) is 26.1 Å². The Labute approximate surface area is 108 Å². The maximum Gasteiger partial charge on any atom is 0.264 e. The van der Waals surface area contributed by atoms with Gasteiger partial charge < -0.3 is 9.47 Å². The molecule has 0 radical (unpaired) electrons. The standard InChI is InChI=1S/C12H18O5S/c1-18(13,14)17-11-10-15-8-5-9-16-12-6-3-2-4-7-12/h2-4,6-7H,5,8-11H2,1H3. The van der Waals surface area contributed by atoms with Crippen LogP contribution in [0.1, 0.15) is 6.42 Å². The first kappa shape index (κ1) is 14.9. The van der Waals surface area contributed by atoms with Crippen molar-refractivity contribution < 1.29 is 22.1 Å². The van der Waals surface area contributed by atoms with Gasteiger partial charge in [-0.05, 0) is 12.1 Å². The summed E-state index contributed by atoms with van der Waals surface area (Å²) in [6, 6.07) is 9.53. The highest BCUT2D eigenvalue weighted by Crippen LogP contribution is 2.08. The van der Waals surface area contributed by atoms with Gasteiger partial charge in [0.1, 0.15) is 5.75 Å². The molecule has 0 unspecified atom stereocenters. The smallest absolute Gasteiger partial charge is 0.264 e. The molecule has 0 amide bonds. The number of para-hydroxylation sites is 1. The fourth-order valence-electron chi connectivity index (χ4n) is 1.21. The summed E-state index contributed by atoms with van der Waals surface area (Å²) >= 11 is 0. The van der Waals surface area contributed by atoms with Crippen molar-refractivity contribution in [2.45, 2.75) is 6.42 Å². The molecule has 0 aliphatic rings. The molecule has 0 fully saturated rings. The average molecular weight is 274 g/mol. The van der Waals surface area contributed by atoms with Crippen LogP contribution < -0.4 is 4.74 Å². The molecule has 0 heterocycles. The second-order valence-electron chi connectivity index (χ2n) is 3.65. The highest BCUT2D eigenvalue weighted by molar-refractivity contribution is 7.85. The maximum absolute atomic E-state index is 10.6. The molecule has 0 spiro atoms. The first-order valence-corrected chi connectivity index (χ1v) is 7.49. The van der Waals surface area contributed by atoms with Crippen LogP contribution >= 0.6 is 0 Å². The summed E-state index contributed by atoms with van der Waals surface area (Å²) in [5, 5.41) is 0. The Bertz CT molecular complexity index is 415. The molecule has 1 rings (SSSR count). The highest BCUT2D eigenvalue weighted by atomic mass is 32.2. The van der Waals surface area contributed by atoms with E-state index in [4.69, 9.17) is 9.47 Å². The Balaban J connectivity index is 1.93. The predicted molar refractivity (Wildman–Crippen MR) is 68.2 cm³/mol. The van der Waals surface area contributed by atoms with E-state index in [1.165, 1.54) is 0 Å². The number of ether oxygens (including phenoxy) is 2. The first-order valence-electron chi connectivity index (χ1n) is 5.68. The Hall–Kier alpha value is -1.11. The second-order valence-corrected chi connectivity index (χ2v) is 5.30. The number of rotatable bonds is 9. The summed E-state index contributed by atoms with van der Waals surface area (Å²) in [4.78, 5) is 0. The van der Waals surface area contributed by atoms with E-state index in [1.807, 2.05) is 30.3 Å². The normalized spacial score (nSPS) is 11.4. The van der Waals surface area contributed by atoms with Crippen molar-refractivity contribution in [3.63, 3.8) is 0 Å². The first-order chi connectivity index (χ1) is 8.58. The third-order valence-electron chi connectivity index (χ3n) is 1.97. The molecule has 0 aromatic heterocycles. The van der Waals surface area contributed by atoms with E-state index in [2.05, 4.69) is 4.18 Å². The van der Waals surface area contributed by atoms with Crippen LogP contribution in [0.15, 0.2) is 30.3 Å². The van der Waals surface area contributed by atoms with E-state index in [9.17, 15) is 8.42 Å². The van der Waals surface area contributed by atoms with Crippen molar-refractivity contribution in [1.29, 1.82) is 0 Å². The zero-order valence-electron chi connectivity index (χ0n) is 10.4. The molecule has 0 saturated carbocycles. The molecule has 0 bridgehead atoms. The molecule has 0 N–H and O–H groups in total. The molecule has 1 aromatic rings. The van der Waals surface area contributed by atoms with Crippen LogP contribution in [0.5, 0.6) is 5.75 Å². The minimum atomic E-state index is -3.36. The van der Waals surface area contributed by atoms with Gasteiger partial charge in [0.2, 0.25) is 0 Å². The summed E-state index contributed by atoms with van der Waals surface area (Å²) < 4.78 is 36.4. The van der Waals surface area contributed by atoms with Crippen LogP contribution in [0, 0.1) is 0 Å². The molecule has 6 heteroatoms. The highest BCUT2D eigenvalue weighted by Gasteiger charge is 2.00. The predicted octanol–water partition coefficient (Wildman–Crippen LogP) is 1.45. The van der Waals surface area contributed by atoms with Crippen molar-refractivity contribution in [3.05, 3.63) is 30.3 Å². The van der Waals surface area contributed by atoms with E-state index in [0.29, 0.717) is 13.2 Å².